The van der Waals surface area contributed by atoms with Gasteiger partial charge < -0.3 is 10.6 Å². The van der Waals surface area contributed by atoms with Gasteiger partial charge in [0.1, 0.15) is 0 Å². The number of nitrogens with one attached hydrogen (secondary N) is 2. The first-order chi connectivity index (χ1) is 8.09. The zero-order chi connectivity index (χ0) is 12.3. The summed E-state index contributed by atoms with van der Waals surface area (Å²) < 4.78 is 0. The molecule has 0 radical (unpaired) electrons. The third-order valence-corrected chi connectivity index (χ3v) is 3.44. The quantitative estimate of drug-likeness (QED) is 0.878. The smallest absolute Gasteiger partial charge is 0.251 e. The van der Waals surface area contributed by atoms with Crippen molar-refractivity contribution in [3.05, 3.63) is 34.9 Å². The van der Waals surface area contributed by atoms with E-state index in [0.29, 0.717) is 10.6 Å². The second kappa shape index (κ2) is 6.41. The van der Waals surface area contributed by atoms with Crippen molar-refractivity contribution in [2.75, 3.05) is 13.1 Å². The number of amides is 1. The number of hydrogen-bond acceptors (Lipinski definition) is 2. The van der Waals surface area contributed by atoms with Gasteiger partial charge in [-0.25, -0.2) is 0 Å². The average Bonchev–Trinajstić information content (AvgIpc) is 2.29. The Hall–Kier alpha value is -0.770. The highest BCUT2D eigenvalue weighted by Gasteiger charge is 2.28. The minimum atomic E-state index is -0.106. The van der Waals surface area contributed by atoms with Crippen LogP contribution >= 0.6 is 24.0 Å². The van der Waals surface area contributed by atoms with Crippen LogP contribution in [0.4, 0.5) is 0 Å². The van der Waals surface area contributed by atoms with Crippen LogP contribution in [0.3, 0.4) is 0 Å². The molecule has 1 amide bonds. The van der Waals surface area contributed by atoms with E-state index in [9.17, 15) is 4.79 Å². The molecule has 100 valence electrons. The van der Waals surface area contributed by atoms with Crippen LogP contribution in [-0.4, -0.2) is 24.5 Å². The lowest BCUT2D eigenvalue weighted by molar-refractivity contribution is 0.0887. The van der Waals surface area contributed by atoms with E-state index in [2.05, 4.69) is 17.6 Å². The monoisotopic (exact) mass is 288 g/mol. The van der Waals surface area contributed by atoms with E-state index in [4.69, 9.17) is 11.6 Å². The lowest BCUT2D eigenvalue weighted by atomic mass is 9.90. The molecule has 0 spiro atoms. The summed E-state index contributed by atoms with van der Waals surface area (Å²) in [5.74, 6) is -0.0445. The van der Waals surface area contributed by atoms with Crippen molar-refractivity contribution >= 4 is 29.9 Å². The van der Waals surface area contributed by atoms with Gasteiger partial charge in [-0.3, -0.25) is 4.79 Å². The third kappa shape index (κ3) is 3.87. The molecule has 0 saturated carbocycles. The second-order valence-electron chi connectivity index (χ2n) is 4.78. The van der Waals surface area contributed by atoms with E-state index in [0.717, 1.165) is 25.9 Å². The van der Waals surface area contributed by atoms with E-state index in [1.807, 2.05) is 0 Å². The van der Waals surface area contributed by atoms with Crippen LogP contribution in [0.1, 0.15) is 30.1 Å². The fraction of sp³-hybridized carbons (Fsp3) is 0.462. The molecule has 1 aromatic carbocycles. The van der Waals surface area contributed by atoms with Crippen molar-refractivity contribution < 1.29 is 4.79 Å². The molecule has 2 rings (SSSR count). The molecule has 0 aliphatic carbocycles. The van der Waals surface area contributed by atoms with Crippen molar-refractivity contribution in [1.82, 2.24) is 10.6 Å². The number of hydrogen-bond donors (Lipinski definition) is 2. The van der Waals surface area contributed by atoms with Crippen molar-refractivity contribution in [1.29, 1.82) is 0 Å². The normalized spacial score (nSPS) is 17.7. The van der Waals surface area contributed by atoms with Gasteiger partial charge in [0.05, 0.1) is 0 Å². The van der Waals surface area contributed by atoms with E-state index in [-0.39, 0.29) is 23.9 Å². The highest BCUT2D eigenvalue weighted by Crippen LogP contribution is 2.18. The van der Waals surface area contributed by atoms with Gasteiger partial charge in [-0.1, -0.05) is 17.7 Å². The minimum Gasteiger partial charge on any atom is -0.347 e. The number of piperidine rings is 1. The SMILES string of the molecule is CC1(NC(=O)c2cccc(Cl)c2)CCNCC1.Cl. The predicted molar refractivity (Wildman–Crippen MR) is 76.7 cm³/mol. The summed E-state index contributed by atoms with van der Waals surface area (Å²) in [6.45, 7) is 3.99. The van der Waals surface area contributed by atoms with E-state index in [1.54, 1.807) is 24.3 Å². The lowest BCUT2D eigenvalue weighted by Crippen LogP contribution is -2.52. The molecule has 0 bridgehead atoms. The van der Waals surface area contributed by atoms with Crippen LogP contribution in [0.25, 0.3) is 0 Å². The molecule has 3 nitrogen and oxygen atoms in total. The molecular weight excluding hydrogens is 271 g/mol. The summed E-state index contributed by atoms with van der Waals surface area (Å²) in [4.78, 5) is 12.1. The molecule has 0 aromatic heterocycles. The Morgan fingerprint density at radius 3 is 2.67 bits per heavy atom. The van der Waals surface area contributed by atoms with Gasteiger partial charge >= 0.3 is 0 Å². The number of rotatable bonds is 2. The number of carbonyl (C=O) groups excluding carboxylic acids is 1. The maximum Gasteiger partial charge on any atom is 0.251 e. The topological polar surface area (TPSA) is 41.1 Å². The Morgan fingerprint density at radius 2 is 2.06 bits per heavy atom. The molecule has 1 aliphatic heterocycles. The molecule has 1 aromatic rings. The molecular formula is C13H18Cl2N2O. The summed E-state index contributed by atoms with van der Waals surface area (Å²) in [6.07, 6.45) is 1.92. The molecule has 18 heavy (non-hydrogen) atoms. The molecule has 1 aliphatic rings. The Morgan fingerprint density at radius 1 is 1.39 bits per heavy atom. The summed E-state index contributed by atoms with van der Waals surface area (Å²) >= 11 is 5.88. The Bertz CT molecular complexity index is 417. The fourth-order valence-electron chi connectivity index (χ4n) is 2.08. The molecule has 0 atom stereocenters. The first-order valence-electron chi connectivity index (χ1n) is 5.88. The fourth-order valence-corrected chi connectivity index (χ4v) is 2.27. The van der Waals surface area contributed by atoms with E-state index in [1.165, 1.54) is 0 Å². The van der Waals surface area contributed by atoms with Crippen molar-refractivity contribution in [2.24, 2.45) is 0 Å². The Balaban J connectivity index is 0.00000162. The van der Waals surface area contributed by atoms with Crippen LogP contribution in [0.15, 0.2) is 24.3 Å². The van der Waals surface area contributed by atoms with Gasteiger partial charge in [-0.2, -0.15) is 0 Å². The maximum absolute atomic E-state index is 12.1. The highest BCUT2D eigenvalue weighted by atomic mass is 35.5. The number of benzene rings is 1. The zero-order valence-corrected chi connectivity index (χ0v) is 11.9. The van der Waals surface area contributed by atoms with Crippen molar-refractivity contribution in [3.8, 4) is 0 Å². The predicted octanol–water partition coefficient (Wildman–Crippen LogP) is 2.63. The standard InChI is InChI=1S/C13H17ClN2O.ClH/c1-13(5-7-15-8-6-13)16-12(17)10-3-2-4-11(14)9-10;/h2-4,9,15H,5-8H2,1H3,(H,16,17);1H. The van der Waals surface area contributed by atoms with Crippen LogP contribution in [0.2, 0.25) is 5.02 Å². The zero-order valence-electron chi connectivity index (χ0n) is 10.3. The summed E-state index contributed by atoms with van der Waals surface area (Å²) in [6, 6.07) is 7.04. The molecule has 0 unspecified atom stereocenters. The first-order valence-corrected chi connectivity index (χ1v) is 6.26. The molecule has 1 fully saturated rings. The lowest BCUT2D eigenvalue weighted by Gasteiger charge is -2.35. The average molecular weight is 289 g/mol. The van der Waals surface area contributed by atoms with Gasteiger partial charge in [0.25, 0.3) is 5.91 Å². The van der Waals surface area contributed by atoms with E-state index >= 15 is 0 Å². The summed E-state index contributed by atoms with van der Waals surface area (Å²) in [5.41, 5.74) is 0.516. The van der Waals surface area contributed by atoms with Crippen molar-refractivity contribution in [3.63, 3.8) is 0 Å². The summed E-state index contributed by atoms with van der Waals surface area (Å²) in [7, 11) is 0. The van der Waals surface area contributed by atoms with Crippen molar-refractivity contribution in [2.45, 2.75) is 25.3 Å². The molecule has 1 heterocycles. The third-order valence-electron chi connectivity index (χ3n) is 3.21. The Kier molecular flexibility index (Phi) is 5.45. The summed E-state index contributed by atoms with van der Waals surface area (Å²) in [5, 5.41) is 6.98. The first kappa shape index (κ1) is 15.3. The van der Waals surface area contributed by atoms with Gasteiger partial charge in [0.15, 0.2) is 0 Å². The van der Waals surface area contributed by atoms with Crippen LogP contribution in [0.5, 0.6) is 0 Å². The molecule has 1 saturated heterocycles. The molecule has 2 N–H and O–H groups in total. The van der Waals surface area contributed by atoms with E-state index < -0.39 is 0 Å². The van der Waals surface area contributed by atoms with Gasteiger partial charge in [-0.15, -0.1) is 12.4 Å². The number of carbonyl (C=O) groups is 1. The van der Waals surface area contributed by atoms with Gasteiger partial charge in [0.2, 0.25) is 0 Å². The minimum absolute atomic E-state index is 0. The molecule has 5 heteroatoms. The number of halogens is 2. The van der Waals surface area contributed by atoms with Crippen LogP contribution in [-0.2, 0) is 0 Å². The second-order valence-corrected chi connectivity index (χ2v) is 5.21. The Labute approximate surface area is 119 Å². The highest BCUT2D eigenvalue weighted by molar-refractivity contribution is 6.30. The van der Waals surface area contributed by atoms with Gasteiger partial charge in [0, 0.05) is 16.1 Å². The van der Waals surface area contributed by atoms with Gasteiger partial charge in [-0.05, 0) is 51.1 Å². The van der Waals surface area contributed by atoms with Crippen LogP contribution in [0, 0.1) is 0 Å². The van der Waals surface area contributed by atoms with Crippen LogP contribution < -0.4 is 10.6 Å². The largest absolute Gasteiger partial charge is 0.347 e. The maximum atomic E-state index is 12.1.